The highest BCUT2D eigenvalue weighted by molar-refractivity contribution is 5.69. The summed E-state index contributed by atoms with van der Waals surface area (Å²) in [5, 5.41) is 0. The number of anilines is 1. The molecule has 2 N–H and O–H groups in total. The smallest absolute Gasteiger partial charge is 0.213 e. The van der Waals surface area contributed by atoms with E-state index in [-0.39, 0.29) is 0 Å². The molecule has 76 valence electrons. The Hall–Kier alpha value is -2.10. The van der Waals surface area contributed by atoms with Gasteiger partial charge in [-0.15, -0.1) is 0 Å². The molecule has 0 amide bonds. The standard InChI is InChI=1S/C11H11N3O/c1-15-10-6-5-8(12)11(14-10)9-4-2-3-7-13-9/h2-7H,12H2,1H3. The van der Waals surface area contributed by atoms with Crippen LogP contribution in [-0.2, 0) is 0 Å². The molecular weight excluding hydrogens is 190 g/mol. The van der Waals surface area contributed by atoms with E-state index in [0.717, 1.165) is 5.69 Å². The molecule has 15 heavy (non-hydrogen) atoms. The van der Waals surface area contributed by atoms with Gasteiger partial charge in [-0.1, -0.05) is 6.07 Å². The van der Waals surface area contributed by atoms with Gasteiger partial charge in [0, 0.05) is 12.3 Å². The minimum atomic E-state index is 0.532. The fourth-order valence-corrected chi connectivity index (χ4v) is 1.27. The molecule has 0 spiro atoms. The van der Waals surface area contributed by atoms with E-state index in [1.807, 2.05) is 18.2 Å². The largest absolute Gasteiger partial charge is 0.481 e. The minimum absolute atomic E-state index is 0.532. The van der Waals surface area contributed by atoms with E-state index in [1.54, 1.807) is 25.4 Å². The van der Waals surface area contributed by atoms with Crippen LogP contribution in [0.3, 0.4) is 0 Å². The number of ether oxygens (including phenoxy) is 1. The van der Waals surface area contributed by atoms with Gasteiger partial charge in [0.2, 0.25) is 5.88 Å². The van der Waals surface area contributed by atoms with E-state index < -0.39 is 0 Å². The molecule has 0 aliphatic carbocycles. The van der Waals surface area contributed by atoms with Crippen LogP contribution >= 0.6 is 0 Å². The minimum Gasteiger partial charge on any atom is -0.481 e. The molecule has 4 heteroatoms. The number of hydrogen-bond acceptors (Lipinski definition) is 4. The van der Waals surface area contributed by atoms with Gasteiger partial charge in [0.25, 0.3) is 0 Å². The lowest BCUT2D eigenvalue weighted by Crippen LogP contribution is -1.97. The molecule has 0 aliphatic rings. The van der Waals surface area contributed by atoms with E-state index in [1.165, 1.54) is 0 Å². The summed E-state index contributed by atoms with van der Waals surface area (Å²) in [6, 6.07) is 9.08. The van der Waals surface area contributed by atoms with Crippen molar-refractivity contribution in [1.82, 2.24) is 9.97 Å². The van der Waals surface area contributed by atoms with E-state index >= 15 is 0 Å². The van der Waals surface area contributed by atoms with Crippen LogP contribution in [0.2, 0.25) is 0 Å². The number of nitrogen functional groups attached to an aromatic ring is 1. The van der Waals surface area contributed by atoms with Crippen molar-refractivity contribution in [3.05, 3.63) is 36.5 Å². The Morgan fingerprint density at radius 2 is 2.07 bits per heavy atom. The van der Waals surface area contributed by atoms with Crippen molar-refractivity contribution in [3.8, 4) is 17.3 Å². The Morgan fingerprint density at radius 1 is 1.20 bits per heavy atom. The first-order chi connectivity index (χ1) is 7.31. The Kier molecular flexibility index (Phi) is 2.49. The van der Waals surface area contributed by atoms with Gasteiger partial charge in [-0.05, 0) is 18.2 Å². The van der Waals surface area contributed by atoms with Gasteiger partial charge in [0.15, 0.2) is 0 Å². The second-order valence-electron chi connectivity index (χ2n) is 3.01. The predicted octanol–water partition coefficient (Wildman–Crippen LogP) is 1.73. The van der Waals surface area contributed by atoms with Crippen LogP contribution in [-0.4, -0.2) is 17.1 Å². The van der Waals surface area contributed by atoms with Crippen LogP contribution in [0.15, 0.2) is 36.5 Å². The van der Waals surface area contributed by atoms with Crippen molar-refractivity contribution in [2.24, 2.45) is 0 Å². The molecule has 0 unspecified atom stereocenters. The molecule has 2 aromatic heterocycles. The first-order valence-electron chi connectivity index (χ1n) is 4.53. The number of nitrogens with zero attached hydrogens (tertiary/aromatic N) is 2. The summed E-state index contributed by atoms with van der Waals surface area (Å²) in [5.41, 5.74) is 7.80. The zero-order valence-corrected chi connectivity index (χ0v) is 8.34. The molecule has 0 saturated heterocycles. The number of rotatable bonds is 2. The summed E-state index contributed by atoms with van der Waals surface area (Å²) < 4.78 is 5.04. The quantitative estimate of drug-likeness (QED) is 0.803. The van der Waals surface area contributed by atoms with Crippen LogP contribution < -0.4 is 10.5 Å². The molecule has 0 atom stereocenters. The predicted molar refractivity (Wildman–Crippen MR) is 58.4 cm³/mol. The van der Waals surface area contributed by atoms with E-state index in [9.17, 15) is 0 Å². The summed E-state index contributed by atoms with van der Waals surface area (Å²) in [5.74, 6) is 0.532. The maximum absolute atomic E-state index is 5.82. The van der Waals surface area contributed by atoms with Crippen LogP contribution in [0.25, 0.3) is 11.4 Å². The second-order valence-corrected chi connectivity index (χ2v) is 3.01. The van der Waals surface area contributed by atoms with Gasteiger partial charge < -0.3 is 10.5 Å². The van der Waals surface area contributed by atoms with Gasteiger partial charge in [-0.3, -0.25) is 4.98 Å². The van der Waals surface area contributed by atoms with Gasteiger partial charge in [-0.25, -0.2) is 4.98 Å². The molecule has 0 aromatic carbocycles. The van der Waals surface area contributed by atoms with Gasteiger partial charge >= 0.3 is 0 Å². The lowest BCUT2D eigenvalue weighted by Gasteiger charge is -2.05. The number of aromatic nitrogens is 2. The highest BCUT2D eigenvalue weighted by atomic mass is 16.5. The maximum Gasteiger partial charge on any atom is 0.213 e. The normalized spacial score (nSPS) is 9.93. The van der Waals surface area contributed by atoms with Gasteiger partial charge in [0.1, 0.15) is 5.69 Å². The Bertz CT molecular complexity index is 457. The molecule has 2 aromatic rings. The first kappa shape index (κ1) is 9.45. The monoisotopic (exact) mass is 201 g/mol. The SMILES string of the molecule is COc1ccc(N)c(-c2ccccn2)n1. The maximum atomic E-state index is 5.82. The number of pyridine rings is 2. The summed E-state index contributed by atoms with van der Waals surface area (Å²) in [6.07, 6.45) is 1.70. The summed E-state index contributed by atoms with van der Waals surface area (Å²) >= 11 is 0. The molecule has 0 saturated carbocycles. The summed E-state index contributed by atoms with van der Waals surface area (Å²) in [4.78, 5) is 8.44. The Balaban J connectivity index is 2.52. The number of nitrogens with two attached hydrogens (primary N) is 1. The molecule has 4 nitrogen and oxygen atoms in total. The van der Waals surface area contributed by atoms with Crippen molar-refractivity contribution in [3.63, 3.8) is 0 Å². The van der Waals surface area contributed by atoms with Crippen molar-refractivity contribution in [1.29, 1.82) is 0 Å². The van der Waals surface area contributed by atoms with Crippen LogP contribution in [0, 0.1) is 0 Å². The summed E-state index contributed by atoms with van der Waals surface area (Å²) in [7, 11) is 1.57. The first-order valence-corrected chi connectivity index (χ1v) is 4.53. The summed E-state index contributed by atoms with van der Waals surface area (Å²) in [6.45, 7) is 0. The topological polar surface area (TPSA) is 61.0 Å². The third-order valence-corrected chi connectivity index (χ3v) is 2.02. The molecular formula is C11H11N3O. The lowest BCUT2D eigenvalue weighted by atomic mass is 10.2. The zero-order valence-electron chi connectivity index (χ0n) is 8.34. The fourth-order valence-electron chi connectivity index (χ4n) is 1.27. The molecule has 2 rings (SSSR count). The average Bonchev–Trinajstić information content (AvgIpc) is 2.31. The zero-order chi connectivity index (χ0) is 10.7. The van der Waals surface area contributed by atoms with Crippen LogP contribution in [0.5, 0.6) is 5.88 Å². The van der Waals surface area contributed by atoms with Crippen molar-refractivity contribution < 1.29 is 4.74 Å². The molecule has 0 fully saturated rings. The molecule has 0 aliphatic heterocycles. The second kappa shape index (κ2) is 3.96. The molecule has 0 radical (unpaired) electrons. The van der Waals surface area contributed by atoms with Crippen molar-refractivity contribution in [2.45, 2.75) is 0 Å². The third-order valence-electron chi connectivity index (χ3n) is 2.02. The Labute approximate surface area is 87.7 Å². The highest BCUT2D eigenvalue weighted by Crippen LogP contribution is 2.23. The fraction of sp³-hybridized carbons (Fsp3) is 0.0909. The van der Waals surface area contributed by atoms with Crippen LogP contribution in [0.4, 0.5) is 5.69 Å². The van der Waals surface area contributed by atoms with Gasteiger partial charge in [0.05, 0.1) is 18.5 Å². The van der Waals surface area contributed by atoms with E-state index in [0.29, 0.717) is 17.3 Å². The number of methoxy groups -OCH3 is 1. The van der Waals surface area contributed by atoms with Crippen molar-refractivity contribution >= 4 is 5.69 Å². The van der Waals surface area contributed by atoms with E-state index in [2.05, 4.69) is 9.97 Å². The van der Waals surface area contributed by atoms with Gasteiger partial charge in [-0.2, -0.15) is 0 Å². The van der Waals surface area contributed by atoms with Crippen molar-refractivity contribution in [2.75, 3.05) is 12.8 Å². The third kappa shape index (κ3) is 1.88. The van der Waals surface area contributed by atoms with Crippen LogP contribution in [0.1, 0.15) is 0 Å². The number of hydrogen-bond donors (Lipinski definition) is 1. The average molecular weight is 201 g/mol. The lowest BCUT2D eigenvalue weighted by molar-refractivity contribution is 0.398. The highest BCUT2D eigenvalue weighted by Gasteiger charge is 2.06. The molecule has 0 bridgehead atoms. The molecule has 2 heterocycles. The Morgan fingerprint density at radius 3 is 2.73 bits per heavy atom. The van der Waals surface area contributed by atoms with E-state index in [4.69, 9.17) is 10.5 Å².